The molecule has 0 bridgehead atoms. The molecule has 0 aromatic heterocycles. The molecule has 0 spiro atoms. The van der Waals surface area contributed by atoms with E-state index in [0.717, 1.165) is 12.5 Å². The Morgan fingerprint density at radius 2 is 2.00 bits per heavy atom. The van der Waals surface area contributed by atoms with E-state index in [2.05, 4.69) is 5.43 Å². The van der Waals surface area contributed by atoms with Crippen molar-refractivity contribution in [2.45, 2.75) is 57.1 Å². The van der Waals surface area contributed by atoms with E-state index in [9.17, 15) is 0 Å². The smallest absolute Gasteiger partial charge is 0.0742 e. The molecule has 1 saturated heterocycles. The maximum Gasteiger partial charge on any atom is 0.0742 e. The predicted octanol–water partition coefficient (Wildman–Crippen LogP) is 1.58. The Kier molecular flexibility index (Phi) is 3.79. The highest BCUT2D eigenvalue weighted by Gasteiger charge is 2.28. The van der Waals surface area contributed by atoms with Crippen molar-refractivity contribution in [2.24, 2.45) is 11.8 Å². The summed E-state index contributed by atoms with van der Waals surface area (Å²) in [5, 5.41) is 0. The van der Waals surface area contributed by atoms with Gasteiger partial charge in [-0.2, -0.15) is 0 Å². The quantitative estimate of drug-likeness (QED) is 0.532. The van der Waals surface area contributed by atoms with E-state index in [0.29, 0.717) is 12.1 Å². The zero-order chi connectivity index (χ0) is 9.80. The molecule has 2 fully saturated rings. The molecule has 2 rings (SSSR count). The van der Waals surface area contributed by atoms with Gasteiger partial charge in [0.25, 0.3) is 0 Å². The van der Waals surface area contributed by atoms with Crippen LogP contribution in [-0.4, -0.2) is 18.8 Å². The molecule has 2 unspecified atom stereocenters. The molecule has 82 valence electrons. The van der Waals surface area contributed by atoms with E-state index < -0.39 is 0 Å². The summed E-state index contributed by atoms with van der Waals surface area (Å²) in [7, 11) is 0. The minimum absolute atomic E-state index is 0.376. The molecule has 2 aliphatic rings. The first-order valence-electron chi connectivity index (χ1n) is 5.98. The van der Waals surface area contributed by atoms with Gasteiger partial charge in [0.05, 0.1) is 6.10 Å². The minimum atomic E-state index is 0.376. The average molecular weight is 198 g/mol. The van der Waals surface area contributed by atoms with Gasteiger partial charge in [-0.3, -0.25) is 11.3 Å². The van der Waals surface area contributed by atoms with E-state index >= 15 is 0 Å². The maximum absolute atomic E-state index is 5.67. The van der Waals surface area contributed by atoms with Crippen LogP contribution in [0.5, 0.6) is 0 Å². The fourth-order valence-corrected chi connectivity index (χ4v) is 2.85. The van der Waals surface area contributed by atoms with E-state index in [1.165, 1.54) is 44.9 Å². The fraction of sp³-hybridized carbons (Fsp3) is 1.00. The third-order valence-electron chi connectivity index (χ3n) is 3.69. The number of rotatable bonds is 4. The first-order chi connectivity index (χ1) is 6.90. The molecule has 0 radical (unpaired) electrons. The van der Waals surface area contributed by atoms with Crippen LogP contribution in [-0.2, 0) is 4.74 Å². The lowest BCUT2D eigenvalue weighted by atomic mass is 9.94. The van der Waals surface area contributed by atoms with Gasteiger partial charge in [-0.15, -0.1) is 0 Å². The van der Waals surface area contributed by atoms with Crippen LogP contribution < -0.4 is 11.3 Å². The number of hydrazine groups is 1. The van der Waals surface area contributed by atoms with Crippen molar-refractivity contribution in [3.05, 3.63) is 0 Å². The summed E-state index contributed by atoms with van der Waals surface area (Å²) in [6.07, 6.45) is 9.58. The van der Waals surface area contributed by atoms with E-state index in [4.69, 9.17) is 10.6 Å². The van der Waals surface area contributed by atoms with Crippen molar-refractivity contribution >= 4 is 0 Å². The first-order valence-corrected chi connectivity index (χ1v) is 5.98. The van der Waals surface area contributed by atoms with Gasteiger partial charge in [0.1, 0.15) is 0 Å². The van der Waals surface area contributed by atoms with Crippen LogP contribution >= 0.6 is 0 Å². The van der Waals surface area contributed by atoms with E-state index in [1.54, 1.807) is 0 Å². The number of hydrogen-bond donors (Lipinski definition) is 2. The van der Waals surface area contributed by atoms with Crippen LogP contribution in [0.3, 0.4) is 0 Å². The summed E-state index contributed by atoms with van der Waals surface area (Å²) in [4.78, 5) is 0. The Bertz CT molecular complexity index is 163. The van der Waals surface area contributed by atoms with Crippen LogP contribution in [0.4, 0.5) is 0 Å². The Morgan fingerprint density at radius 1 is 1.21 bits per heavy atom. The third-order valence-corrected chi connectivity index (χ3v) is 3.69. The van der Waals surface area contributed by atoms with Crippen molar-refractivity contribution in [1.29, 1.82) is 0 Å². The molecule has 1 heterocycles. The highest BCUT2D eigenvalue weighted by molar-refractivity contribution is 4.82. The summed E-state index contributed by atoms with van der Waals surface area (Å²) in [6, 6.07) is 0.389. The molecule has 0 aromatic rings. The second-order valence-electron chi connectivity index (χ2n) is 4.71. The van der Waals surface area contributed by atoms with Gasteiger partial charge in [-0.25, -0.2) is 0 Å². The summed E-state index contributed by atoms with van der Waals surface area (Å²) in [5.74, 6) is 6.49. The Labute approximate surface area is 86.4 Å². The molecule has 1 aliphatic heterocycles. The van der Waals surface area contributed by atoms with Crippen molar-refractivity contribution in [2.75, 3.05) is 6.61 Å². The average Bonchev–Trinajstić information content (AvgIpc) is 2.86. The standard InChI is InChI=1S/C11H22N2O/c12-13-10(11-6-3-7-14-11)8-9-4-1-2-5-9/h9-11,13H,1-8,12H2. The zero-order valence-electron chi connectivity index (χ0n) is 8.87. The number of ether oxygens (including phenoxy) is 1. The van der Waals surface area contributed by atoms with Crippen LogP contribution in [0.1, 0.15) is 44.9 Å². The largest absolute Gasteiger partial charge is 0.377 e. The second-order valence-corrected chi connectivity index (χ2v) is 4.71. The third kappa shape index (κ3) is 2.47. The summed E-state index contributed by atoms with van der Waals surface area (Å²) in [6.45, 7) is 0.924. The Balaban J connectivity index is 1.79. The molecule has 0 amide bonds. The summed E-state index contributed by atoms with van der Waals surface area (Å²) in [5.41, 5.74) is 2.95. The van der Waals surface area contributed by atoms with Crippen molar-refractivity contribution in [3.8, 4) is 0 Å². The summed E-state index contributed by atoms with van der Waals surface area (Å²) < 4.78 is 5.67. The topological polar surface area (TPSA) is 47.3 Å². The lowest BCUT2D eigenvalue weighted by Crippen LogP contribution is -2.44. The molecular weight excluding hydrogens is 176 g/mol. The van der Waals surface area contributed by atoms with Gasteiger partial charge < -0.3 is 4.74 Å². The van der Waals surface area contributed by atoms with Gasteiger partial charge >= 0.3 is 0 Å². The van der Waals surface area contributed by atoms with Gasteiger partial charge in [0.2, 0.25) is 0 Å². The Morgan fingerprint density at radius 3 is 2.57 bits per heavy atom. The number of nitrogens with two attached hydrogens (primary N) is 1. The lowest BCUT2D eigenvalue weighted by Gasteiger charge is -2.24. The molecule has 3 heteroatoms. The van der Waals surface area contributed by atoms with Crippen molar-refractivity contribution in [1.82, 2.24) is 5.43 Å². The summed E-state index contributed by atoms with van der Waals surface area (Å²) >= 11 is 0. The monoisotopic (exact) mass is 198 g/mol. The number of hydrogen-bond acceptors (Lipinski definition) is 3. The van der Waals surface area contributed by atoms with E-state index in [-0.39, 0.29) is 0 Å². The van der Waals surface area contributed by atoms with Crippen molar-refractivity contribution in [3.63, 3.8) is 0 Å². The lowest BCUT2D eigenvalue weighted by molar-refractivity contribution is 0.0701. The molecule has 3 N–H and O–H groups in total. The Hall–Kier alpha value is -0.120. The predicted molar refractivity (Wildman–Crippen MR) is 56.7 cm³/mol. The molecule has 1 aliphatic carbocycles. The molecule has 3 nitrogen and oxygen atoms in total. The minimum Gasteiger partial charge on any atom is -0.377 e. The fourth-order valence-electron chi connectivity index (χ4n) is 2.85. The SMILES string of the molecule is NNC(CC1CCCC1)C1CCCO1. The van der Waals surface area contributed by atoms with Gasteiger partial charge in [-0.1, -0.05) is 25.7 Å². The normalized spacial score (nSPS) is 31.1. The van der Waals surface area contributed by atoms with Crippen LogP contribution in [0.25, 0.3) is 0 Å². The second kappa shape index (κ2) is 5.10. The highest BCUT2D eigenvalue weighted by atomic mass is 16.5. The van der Waals surface area contributed by atoms with Crippen LogP contribution in [0.15, 0.2) is 0 Å². The highest BCUT2D eigenvalue weighted by Crippen LogP contribution is 2.30. The molecule has 14 heavy (non-hydrogen) atoms. The van der Waals surface area contributed by atoms with Gasteiger partial charge in [0.15, 0.2) is 0 Å². The molecule has 0 aromatic carbocycles. The number of nitrogens with one attached hydrogen (secondary N) is 1. The zero-order valence-corrected chi connectivity index (χ0v) is 8.87. The van der Waals surface area contributed by atoms with Crippen LogP contribution in [0.2, 0.25) is 0 Å². The van der Waals surface area contributed by atoms with Gasteiger partial charge in [-0.05, 0) is 25.2 Å². The van der Waals surface area contributed by atoms with E-state index in [1.807, 2.05) is 0 Å². The maximum atomic E-state index is 5.67. The molecular formula is C11H22N2O. The molecule has 1 saturated carbocycles. The first kappa shape index (κ1) is 10.4. The van der Waals surface area contributed by atoms with Crippen LogP contribution in [0, 0.1) is 5.92 Å². The molecule has 2 atom stereocenters. The van der Waals surface area contributed by atoms with Crippen molar-refractivity contribution < 1.29 is 4.74 Å². The van der Waals surface area contributed by atoms with Gasteiger partial charge in [0, 0.05) is 12.6 Å².